The maximum absolute atomic E-state index is 12.9. The van der Waals surface area contributed by atoms with E-state index in [0.717, 1.165) is 22.0 Å². The van der Waals surface area contributed by atoms with Gasteiger partial charge in [-0.15, -0.1) is 11.3 Å². The van der Waals surface area contributed by atoms with Gasteiger partial charge in [-0.3, -0.25) is 14.2 Å². The molecule has 31 heavy (non-hydrogen) atoms. The molecule has 4 rings (SSSR count). The van der Waals surface area contributed by atoms with Gasteiger partial charge in [0.05, 0.1) is 22.2 Å². The monoisotopic (exact) mass is 454 g/mol. The zero-order chi connectivity index (χ0) is 22.0. The number of aromatic nitrogens is 2. The van der Waals surface area contributed by atoms with Gasteiger partial charge in [0.25, 0.3) is 11.5 Å². The first-order valence-electron chi connectivity index (χ1n) is 9.66. The zero-order valence-corrected chi connectivity index (χ0v) is 18.8. The highest BCUT2D eigenvalue weighted by molar-refractivity contribution is 8.04. The van der Waals surface area contributed by atoms with Crippen LogP contribution in [0.2, 0.25) is 0 Å². The number of nitrogens with two attached hydrogens (primary N) is 1. The number of amides is 1. The molecule has 3 heterocycles. The van der Waals surface area contributed by atoms with Crippen LogP contribution in [0.15, 0.2) is 69.4 Å². The molecule has 1 amide bonds. The van der Waals surface area contributed by atoms with E-state index < -0.39 is 11.4 Å². The molecular formula is C22H22N4O3S2. The van der Waals surface area contributed by atoms with Gasteiger partial charge in [0.1, 0.15) is 12.4 Å². The summed E-state index contributed by atoms with van der Waals surface area (Å²) in [4.78, 5) is 31.8. The van der Waals surface area contributed by atoms with E-state index in [1.807, 2.05) is 54.5 Å². The fourth-order valence-electron chi connectivity index (χ4n) is 3.33. The molecule has 0 fully saturated rings. The molecule has 1 unspecified atom stereocenters. The first kappa shape index (κ1) is 21.2. The van der Waals surface area contributed by atoms with Crippen molar-refractivity contribution in [3.05, 3.63) is 91.3 Å². The lowest BCUT2D eigenvalue weighted by molar-refractivity contribution is -0.114. The van der Waals surface area contributed by atoms with Crippen LogP contribution < -0.4 is 16.0 Å². The first-order valence-corrected chi connectivity index (χ1v) is 11.4. The summed E-state index contributed by atoms with van der Waals surface area (Å²) in [7, 11) is 0. The molecule has 0 saturated heterocycles. The Morgan fingerprint density at radius 2 is 2.00 bits per heavy atom. The van der Waals surface area contributed by atoms with E-state index in [1.165, 1.54) is 17.8 Å². The number of allylic oxidation sites excluding steroid dienone is 1. The number of thiazole rings is 1. The average Bonchev–Trinajstić information content (AvgIpc) is 3.31. The molecule has 9 heteroatoms. The molecule has 0 radical (unpaired) electrons. The zero-order valence-electron chi connectivity index (χ0n) is 17.1. The van der Waals surface area contributed by atoms with Gasteiger partial charge in [-0.1, -0.05) is 42.1 Å². The van der Waals surface area contributed by atoms with Crippen LogP contribution >= 0.6 is 23.1 Å². The number of carbonyl (C=O) groups is 1. The van der Waals surface area contributed by atoms with Crippen LogP contribution in [0.1, 0.15) is 28.7 Å². The molecule has 1 aliphatic rings. The third-order valence-electron chi connectivity index (χ3n) is 4.88. The molecule has 2 N–H and O–H groups in total. The maximum atomic E-state index is 12.9. The molecule has 160 valence electrons. The molecular weight excluding hydrogens is 432 g/mol. The molecule has 1 aromatic carbocycles. The predicted molar refractivity (Wildman–Crippen MR) is 122 cm³/mol. The number of thioether (sulfide) groups is 1. The maximum Gasteiger partial charge on any atom is 0.257 e. The van der Waals surface area contributed by atoms with E-state index >= 15 is 0 Å². The summed E-state index contributed by atoms with van der Waals surface area (Å²) < 4.78 is 7.35. The number of hydrogen-bond donors (Lipinski definition) is 1. The van der Waals surface area contributed by atoms with Crippen LogP contribution in [0, 0.1) is 6.92 Å². The van der Waals surface area contributed by atoms with E-state index in [9.17, 15) is 9.59 Å². The normalized spacial score (nSPS) is 16.1. The second-order valence-corrected chi connectivity index (χ2v) is 9.22. The van der Waals surface area contributed by atoms with Crippen molar-refractivity contribution in [2.24, 2.45) is 5.73 Å². The Bertz CT molecular complexity index is 1190. The van der Waals surface area contributed by atoms with Crippen molar-refractivity contribution in [3.63, 3.8) is 0 Å². The number of hydrogen-bond acceptors (Lipinski definition) is 7. The van der Waals surface area contributed by atoms with Crippen molar-refractivity contribution in [2.45, 2.75) is 32.5 Å². The van der Waals surface area contributed by atoms with Gasteiger partial charge in [0.2, 0.25) is 0 Å². The van der Waals surface area contributed by atoms with E-state index in [-0.39, 0.29) is 5.56 Å². The fraction of sp³-hybridized carbons (Fsp3) is 0.227. The molecule has 0 aliphatic carbocycles. The molecule has 3 aromatic rings. The highest BCUT2D eigenvalue weighted by Crippen LogP contribution is 2.44. The van der Waals surface area contributed by atoms with Crippen molar-refractivity contribution in [1.82, 2.24) is 14.5 Å². The van der Waals surface area contributed by atoms with Gasteiger partial charge in [0.15, 0.2) is 5.50 Å². The van der Waals surface area contributed by atoms with Gasteiger partial charge in [-0.2, -0.15) is 0 Å². The minimum absolute atomic E-state index is 0.221. The Labute approximate surface area is 188 Å². The fourth-order valence-corrected chi connectivity index (χ4v) is 5.20. The summed E-state index contributed by atoms with van der Waals surface area (Å²) >= 11 is 2.84. The lowest BCUT2D eigenvalue weighted by Gasteiger charge is -2.28. The summed E-state index contributed by atoms with van der Waals surface area (Å²) in [5.41, 5.74) is 7.57. The minimum atomic E-state index is -0.500. The Kier molecular flexibility index (Phi) is 6.15. The molecule has 2 aromatic heterocycles. The van der Waals surface area contributed by atoms with E-state index in [4.69, 9.17) is 10.5 Å². The SMILES string of the molecule is CC1=C(C(N)=O)SC(n2ccc(OCc3ccccc3)cc2=O)N1Cc1csc(C)n1. The van der Waals surface area contributed by atoms with E-state index in [0.29, 0.717) is 23.8 Å². The Hall–Kier alpha value is -3.04. The topological polar surface area (TPSA) is 90.4 Å². The van der Waals surface area contributed by atoms with Crippen LogP contribution in [-0.4, -0.2) is 20.4 Å². The number of primary amides is 1. The third-order valence-corrected chi connectivity index (χ3v) is 7.12. The highest BCUT2D eigenvalue weighted by atomic mass is 32.2. The molecule has 1 aliphatic heterocycles. The second kappa shape index (κ2) is 8.99. The van der Waals surface area contributed by atoms with Gasteiger partial charge in [-0.05, 0) is 25.5 Å². The molecule has 0 spiro atoms. The van der Waals surface area contributed by atoms with Crippen molar-refractivity contribution < 1.29 is 9.53 Å². The van der Waals surface area contributed by atoms with Crippen molar-refractivity contribution in [3.8, 4) is 5.75 Å². The summed E-state index contributed by atoms with van der Waals surface area (Å²) in [6.45, 7) is 4.64. The number of nitrogens with zero attached hydrogens (tertiary/aromatic N) is 3. The number of ether oxygens (including phenoxy) is 1. The van der Waals surface area contributed by atoms with Crippen LogP contribution in [-0.2, 0) is 17.9 Å². The lowest BCUT2D eigenvalue weighted by Crippen LogP contribution is -2.32. The van der Waals surface area contributed by atoms with Gasteiger partial charge < -0.3 is 15.4 Å². The number of carbonyl (C=O) groups excluding carboxylic acids is 1. The number of benzene rings is 1. The Balaban J connectivity index is 1.57. The lowest BCUT2D eigenvalue weighted by atomic mass is 10.2. The van der Waals surface area contributed by atoms with E-state index in [2.05, 4.69) is 4.98 Å². The Morgan fingerprint density at radius 3 is 2.65 bits per heavy atom. The quantitative estimate of drug-likeness (QED) is 0.587. The van der Waals surface area contributed by atoms with Crippen LogP contribution in [0.25, 0.3) is 0 Å². The molecule has 7 nitrogen and oxygen atoms in total. The van der Waals surface area contributed by atoms with Gasteiger partial charge in [-0.25, -0.2) is 4.98 Å². The van der Waals surface area contributed by atoms with Crippen LogP contribution in [0.3, 0.4) is 0 Å². The standard InChI is InChI=1S/C22H22N4O3S2/c1-14-20(21(23)28)31-22(26(14)11-17-13-30-15(2)24-17)25-9-8-18(10-19(25)27)29-12-16-6-4-3-5-7-16/h3-10,13,22H,11-12H2,1-2H3,(H2,23,28). The predicted octanol–water partition coefficient (Wildman–Crippen LogP) is 3.61. The molecule has 1 atom stereocenters. The number of aryl methyl sites for hydroxylation is 1. The molecule has 0 bridgehead atoms. The third kappa shape index (κ3) is 4.67. The van der Waals surface area contributed by atoms with Gasteiger partial charge in [0, 0.05) is 23.3 Å². The number of pyridine rings is 1. The second-order valence-electron chi connectivity index (χ2n) is 7.09. The summed E-state index contributed by atoms with van der Waals surface area (Å²) in [5, 5.41) is 2.95. The summed E-state index contributed by atoms with van der Waals surface area (Å²) in [6.07, 6.45) is 1.69. The largest absolute Gasteiger partial charge is 0.489 e. The average molecular weight is 455 g/mol. The minimum Gasteiger partial charge on any atom is -0.489 e. The van der Waals surface area contributed by atoms with Gasteiger partial charge >= 0.3 is 0 Å². The van der Waals surface area contributed by atoms with Crippen LogP contribution in [0.5, 0.6) is 5.75 Å². The van der Waals surface area contributed by atoms with Crippen molar-refractivity contribution in [2.75, 3.05) is 0 Å². The highest BCUT2D eigenvalue weighted by Gasteiger charge is 2.34. The van der Waals surface area contributed by atoms with Crippen molar-refractivity contribution >= 4 is 29.0 Å². The molecule has 0 saturated carbocycles. The van der Waals surface area contributed by atoms with Crippen molar-refractivity contribution in [1.29, 1.82) is 0 Å². The Morgan fingerprint density at radius 1 is 1.23 bits per heavy atom. The van der Waals surface area contributed by atoms with E-state index in [1.54, 1.807) is 28.2 Å². The summed E-state index contributed by atoms with van der Waals surface area (Å²) in [5.74, 6) is -0.00472. The number of rotatable bonds is 7. The first-order chi connectivity index (χ1) is 14.9. The summed E-state index contributed by atoms with van der Waals surface area (Å²) in [6, 6.07) is 13.0. The smallest absolute Gasteiger partial charge is 0.257 e. The van der Waals surface area contributed by atoms with Crippen LogP contribution in [0.4, 0.5) is 0 Å².